The topological polar surface area (TPSA) is 32.3 Å². The summed E-state index contributed by atoms with van der Waals surface area (Å²) in [5.74, 6) is 2.59. The highest BCUT2D eigenvalue weighted by Crippen LogP contribution is 2.16. The molecule has 1 unspecified atom stereocenters. The number of nitrogens with one attached hydrogen (secondary N) is 1. The lowest BCUT2D eigenvalue weighted by Gasteiger charge is -2.23. The second-order valence-electron chi connectivity index (χ2n) is 4.41. The van der Waals surface area contributed by atoms with Gasteiger partial charge in [-0.3, -0.25) is 0 Å². The second kappa shape index (κ2) is 6.86. The Hall–Kier alpha value is -0.520. The quantitative estimate of drug-likeness (QED) is 0.483. The van der Waals surface area contributed by atoms with E-state index in [4.69, 9.17) is 6.42 Å². The molecule has 0 bridgehead atoms. The van der Waals surface area contributed by atoms with Crippen LogP contribution in [0.2, 0.25) is 0 Å². The van der Waals surface area contributed by atoms with Gasteiger partial charge in [0.25, 0.3) is 0 Å². The van der Waals surface area contributed by atoms with Crippen molar-refractivity contribution in [1.82, 2.24) is 5.32 Å². The fourth-order valence-corrected chi connectivity index (χ4v) is 1.33. The smallest absolute Gasteiger partial charge is 0.0632 e. The molecule has 0 aromatic carbocycles. The van der Waals surface area contributed by atoms with Crippen molar-refractivity contribution in [3.63, 3.8) is 0 Å². The van der Waals surface area contributed by atoms with Crippen LogP contribution < -0.4 is 5.32 Å². The minimum absolute atomic E-state index is 0.483. The van der Waals surface area contributed by atoms with Gasteiger partial charge in [0.15, 0.2) is 0 Å². The first-order valence-electron chi connectivity index (χ1n) is 5.37. The monoisotopic (exact) mass is 197 g/mol. The summed E-state index contributed by atoms with van der Waals surface area (Å²) in [6.45, 7) is 6.95. The van der Waals surface area contributed by atoms with Crippen molar-refractivity contribution < 1.29 is 5.11 Å². The SMILES string of the molecule is C#CCCCC(C)(O)CCNC(C)C. The highest BCUT2D eigenvalue weighted by atomic mass is 16.3. The summed E-state index contributed by atoms with van der Waals surface area (Å²) in [6.07, 6.45) is 8.40. The zero-order valence-electron chi connectivity index (χ0n) is 9.64. The normalized spacial score (nSPS) is 15.1. The Labute approximate surface area is 88.1 Å². The molecule has 0 amide bonds. The van der Waals surface area contributed by atoms with Gasteiger partial charge in [-0.15, -0.1) is 12.3 Å². The first-order chi connectivity index (χ1) is 6.48. The van der Waals surface area contributed by atoms with Gasteiger partial charge in [-0.2, -0.15) is 0 Å². The number of rotatable bonds is 7. The van der Waals surface area contributed by atoms with Crippen LogP contribution in [0.25, 0.3) is 0 Å². The first-order valence-corrected chi connectivity index (χ1v) is 5.37. The highest BCUT2D eigenvalue weighted by Gasteiger charge is 2.18. The number of hydrogen-bond acceptors (Lipinski definition) is 2. The maximum Gasteiger partial charge on any atom is 0.0632 e. The Bertz CT molecular complexity index is 179. The summed E-state index contributed by atoms with van der Waals surface area (Å²) in [5, 5.41) is 13.2. The van der Waals surface area contributed by atoms with Gasteiger partial charge in [0.2, 0.25) is 0 Å². The lowest BCUT2D eigenvalue weighted by molar-refractivity contribution is 0.0402. The van der Waals surface area contributed by atoms with Crippen LogP contribution in [0.1, 0.15) is 46.5 Å². The Balaban J connectivity index is 3.56. The van der Waals surface area contributed by atoms with Crippen LogP contribution in [0.4, 0.5) is 0 Å². The van der Waals surface area contributed by atoms with E-state index in [0.717, 1.165) is 32.2 Å². The summed E-state index contributed by atoms with van der Waals surface area (Å²) in [6, 6.07) is 0.483. The van der Waals surface area contributed by atoms with Crippen LogP contribution >= 0.6 is 0 Å². The molecule has 0 fully saturated rings. The molecule has 0 aliphatic heterocycles. The van der Waals surface area contributed by atoms with E-state index in [9.17, 15) is 5.11 Å². The Morgan fingerprint density at radius 2 is 2.07 bits per heavy atom. The maximum atomic E-state index is 9.95. The Morgan fingerprint density at radius 1 is 1.43 bits per heavy atom. The summed E-state index contributed by atoms with van der Waals surface area (Å²) < 4.78 is 0. The van der Waals surface area contributed by atoms with Crippen LogP contribution in [0.5, 0.6) is 0 Å². The average molecular weight is 197 g/mol. The van der Waals surface area contributed by atoms with E-state index in [1.165, 1.54) is 0 Å². The van der Waals surface area contributed by atoms with Crippen molar-refractivity contribution in [2.24, 2.45) is 0 Å². The van der Waals surface area contributed by atoms with E-state index in [2.05, 4.69) is 25.1 Å². The number of hydrogen-bond donors (Lipinski definition) is 2. The van der Waals surface area contributed by atoms with Gasteiger partial charge in [-0.05, 0) is 32.7 Å². The average Bonchev–Trinajstić information content (AvgIpc) is 2.03. The van der Waals surface area contributed by atoms with E-state index in [1.54, 1.807) is 0 Å². The zero-order valence-corrected chi connectivity index (χ0v) is 9.64. The Morgan fingerprint density at radius 3 is 2.57 bits per heavy atom. The molecule has 0 saturated carbocycles. The molecule has 2 heteroatoms. The molecular weight excluding hydrogens is 174 g/mol. The number of aliphatic hydroxyl groups is 1. The van der Waals surface area contributed by atoms with Crippen molar-refractivity contribution in [3.05, 3.63) is 0 Å². The molecule has 14 heavy (non-hydrogen) atoms. The fourth-order valence-electron chi connectivity index (χ4n) is 1.33. The largest absolute Gasteiger partial charge is 0.390 e. The molecule has 2 nitrogen and oxygen atoms in total. The predicted octanol–water partition coefficient (Wildman–Crippen LogP) is 1.93. The summed E-state index contributed by atoms with van der Waals surface area (Å²) in [7, 11) is 0. The van der Waals surface area contributed by atoms with Crippen molar-refractivity contribution >= 4 is 0 Å². The molecule has 1 atom stereocenters. The zero-order chi connectivity index (χ0) is 11.0. The predicted molar refractivity (Wildman–Crippen MR) is 61.1 cm³/mol. The molecular formula is C12H23NO. The highest BCUT2D eigenvalue weighted by molar-refractivity contribution is 4.85. The third kappa shape index (κ3) is 8.10. The van der Waals surface area contributed by atoms with Crippen molar-refractivity contribution in [3.8, 4) is 12.3 Å². The van der Waals surface area contributed by atoms with Crippen molar-refractivity contribution in [2.45, 2.75) is 58.1 Å². The molecule has 0 saturated heterocycles. The summed E-state index contributed by atoms with van der Waals surface area (Å²) in [4.78, 5) is 0. The second-order valence-corrected chi connectivity index (χ2v) is 4.41. The molecule has 0 radical (unpaired) electrons. The Kier molecular flexibility index (Phi) is 6.61. The van der Waals surface area contributed by atoms with Gasteiger partial charge in [0, 0.05) is 12.5 Å². The molecule has 2 N–H and O–H groups in total. The first kappa shape index (κ1) is 13.5. The lowest BCUT2D eigenvalue weighted by Crippen LogP contribution is -2.32. The van der Waals surface area contributed by atoms with Gasteiger partial charge in [0.05, 0.1) is 5.60 Å². The van der Waals surface area contributed by atoms with E-state index in [0.29, 0.717) is 6.04 Å². The van der Waals surface area contributed by atoms with E-state index >= 15 is 0 Å². The molecule has 0 aliphatic carbocycles. The van der Waals surface area contributed by atoms with E-state index < -0.39 is 5.60 Å². The molecule has 0 heterocycles. The number of unbranched alkanes of at least 4 members (excludes halogenated alkanes) is 1. The minimum atomic E-state index is -0.571. The van der Waals surface area contributed by atoms with Crippen molar-refractivity contribution in [2.75, 3.05) is 6.54 Å². The fraction of sp³-hybridized carbons (Fsp3) is 0.833. The van der Waals surface area contributed by atoms with Gasteiger partial charge >= 0.3 is 0 Å². The third-order valence-electron chi connectivity index (χ3n) is 2.25. The van der Waals surface area contributed by atoms with Gasteiger partial charge < -0.3 is 10.4 Å². The van der Waals surface area contributed by atoms with Gasteiger partial charge in [-0.25, -0.2) is 0 Å². The van der Waals surface area contributed by atoms with Crippen molar-refractivity contribution in [1.29, 1.82) is 0 Å². The van der Waals surface area contributed by atoms with Crippen LogP contribution in [-0.4, -0.2) is 23.3 Å². The molecule has 0 rings (SSSR count). The molecule has 0 spiro atoms. The number of terminal acetylenes is 1. The molecule has 0 aromatic heterocycles. The van der Waals surface area contributed by atoms with Crippen LogP contribution in [0.3, 0.4) is 0 Å². The third-order valence-corrected chi connectivity index (χ3v) is 2.25. The summed E-state index contributed by atoms with van der Waals surface area (Å²) in [5.41, 5.74) is -0.571. The summed E-state index contributed by atoms with van der Waals surface area (Å²) >= 11 is 0. The lowest BCUT2D eigenvalue weighted by atomic mass is 9.95. The van der Waals surface area contributed by atoms with Gasteiger partial charge in [0.1, 0.15) is 0 Å². The minimum Gasteiger partial charge on any atom is -0.390 e. The molecule has 82 valence electrons. The van der Waals surface area contributed by atoms with Crippen LogP contribution in [0.15, 0.2) is 0 Å². The van der Waals surface area contributed by atoms with Crippen LogP contribution in [0, 0.1) is 12.3 Å². The van der Waals surface area contributed by atoms with E-state index in [-0.39, 0.29) is 0 Å². The maximum absolute atomic E-state index is 9.95. The molecule has 0 aliphatic rings. The van der Waals surface area contributed by atoms with E-state index in [1.807, 2.05) is 6.92 Å². The standard InChI is InChI=1S/C12H23NO/c1-5-6-7-8-12(4,14)9-10-13-11(2)3/h1,11,13-14H,6-10H2,2-4H3. The van der Waals surface area contributed by atoms with Gasteiger partial charge in [-0.1, -0.05) is 13.8 Å². The van der Waals surface area contributed by atoms with Crippen LogP contribution in [-0.2, 0) is 0 Å². The molecule has 0 aromatic rings.